The number of rotatable bonds is 5. The van der Waals surface area contributed by atoms with Gasteiger partial charge in [-0.2, -0.15) is 0 Å². The lowest BCUT2D eigenvalue weighted by molar-refractivity contribution is 0.371. The predicted molar refractivity (Wildman–Crippen MR) is 76.0 cm³/mol. The Morgan fingerprint density at radius 1 is 1.33 bits per heavy atom. The van der Waals surface area contributed by atoms with E-state index in [1.54, 1.807) is 12.4 Å². The molecule has 1 fully saturated rings. The Morgan fingerprint density at radius 2 is 2.00 bits per heavy atom. The molecular weight excluding hydrogens is 246 g/mol. The van der Waals surface area contributed by atoms with Gasteiger partial charge in [-0.25, -0.2) is 9.97 Å². The van der Waals surface area contributed by atoms with Gasteiger partial charge in [-0.05, 0) is 31.6 Å². The van der Waals surface area contributed by atoms with Crippen molar-refractivity contribution in [2.75, 3.05) is 18.0 Å². The first-order valence-electron chi connectivity index (χ1n) is 6.63. The summed E-state index contributed by atoms with van der Waals surface area (Å²) in [7, 11) is 0. The van der Waals surface area contributed by atoms with Gasteiger partial charge in [-0.15, -0.1) is 6.58 Å². The average Bonchev–Trinajstić information content (AvgIpc) is 2.41. The van der Waals surface area contributed by atoms with Gasteiger partial charge in [0.25, 0.3) is 0 Å². The van der Waals surface area contributed by atoms with E-state index < -0.39 is 0 Å². The van der Waals surface area contributed by atoms with Crippen molar-refractivity contribution in [3.05, 3.63) is 30.1 Å². The number of hydrogen-bond donors (Lipinski definition) is 0. The summed E-state index contributed by atoms with van der Waals surface area (Å²) in [6.45, 7) is 5.88. The smallest absolute Gasteiger partial charge is 0.225 e. The molecule has 2 rings (SSSR count). The van der Waals surface area contributed by atoms with Crippen molar-refractivity contribution in [3.8, 4) is 0 Å². The highest BCUT2D eigenvalue weighted by Crippen LogP contribution is 2.24. The molecule has 0 amide bonds. The maximum absolute atomic E-state index is 5.79. The minimum Gasteiger partial charge on any atom is -0.341 e. The summed E-state index contributed by atoms with van der Waals surface area (Å²) in [6, 6.07) is 0. The van der Waals surface area contributed by atoms with E-state index in [0.29, 0.717) is 5.02 Å². The summed E-state index contributed by atoms with van der Waals surface area (Å²) in [5.41, 5.74) is 0. The second-order valence-corrected chi connectivity index (χ2v) is 5.29. The van der Waals surface area contributed by atoms with Crippen LogP contribution in [0, 0.1) is 5.92 Å². The Morgan fingerprint density at radius 3 is 2.61 bits per heavy atom. The molecule has 18 heavy (non-hydrogen) atoms. The molecular formula is C14H20ClN3. The van der Waals surface area contributed by atoms with E-state index in [0.717, 1.165) is 31.4 Å². The highest BCUT2D eigenvalue weighted by molar-refractivity contribution is 6.30. The van der Waals surface area contributed by atoms with Crippen LogP contribution in [0.3, 0.4) is 0 Å². The number of hydrogen-bond acceptors (Lipinski definition) is 3. The third kappa shape index (κ3) is 3.70. The maximum Gasteiger partial charge on any atom is 0.225 e. The summed E-state index contributed by atoms with van der Waals surface area (Å²) in [6.07, 6.45) is 11.6. The lowest BCUT2D eigenvalue weighted by atomic mass is 9.92. The SMILES string of the molecule is C=CCCCC1CCN(c2ncc(Cl)cn2)CC1. The number of anilines is 1. The molecule has 1 aromatic rings. The molecule has 1 saturated heterocycles. The quantitative estimate of drug-likeness (QED) is 0.600. The van der Waals surface area contributed by atoms with Crippen LogP contribution in [0.5, 0.6) is 0 Å². The Balaban J connectivity index is 1.79. The second kappa shape index (κ2) is 6.74. The number of aromatic nitrogens is 2. The zero-order valence-corrected chi connectivity index (χ0v) is 11.4. The molecule has 0 spiro atoms. The van der Waals surface area contributed by atoms with Gasteiger partial charge in [0.1, 0.15) is 0 Å². The van der Waals surface area contributed by atoms with Crippen LogP contribution >= 0.6 is 11.6 Å². The molecule has 0 aliphatic carbocycles. The van der Waals surface area contributed by atoms with Gasteiger partial charge < -0.3 is 4.90 Å². The van der Waals surface area contributed by atoms with Crippen LogP contribution in [0.1, 0.15) is 32.1 Å². The van der Waals surface area contributed by atoms with Crippen molar-refractivity contribution in [2.24, 2.45) is 5.92 Å². The van der Waals surface area contributed by atoms with E-state index in [9.17, 15) is 0 Å². The van der Waals surface area contributed by atoms with E-state index in [2.05, 4.69) is 21.4 Å². The molecule has 2 heterocycles. The number of allylic oxidation sites excluding steroid dienone is 1. The lowest BCUT2D eigenvalue weighted by Gasteiger charge is -2.31. The van der Waals surface area contributed by atoms with Gasteiger partial charge in [-0.1, -0.05) is 24.1 Å². The van der Waals surface area contributed by atoms with Gasteiger partial charge in [0.15, 0.2) is 0 Å². The van der Waals surface area contributed by atoms with E-state index in [1.807, 2.05) is 6.08 Å². The van der Waals surface area contributed by atoms with E-state index in [4.69, 9.17) is 11.6 Å². The number of nitrogens with zero attached hydrogens (tertiary/aromatic N) is 3. The predicted octanol–water partition coefficient (Wildman–Crippen LogP) is 3.70. The zero-order valence-electron chi connectivity index (χ0n) is 10.7. The average molecular weight is 266 g/mol. The monoisotopic (exact) mass is 265 g/mol. The molecule has 0 atom stereocenters. The molecule has 0 unspecified atom stereocenters. The maximum atomic E-state index is 5.79. The normalized spacial score (nSPS) is 16.8. The number of piperidine rings is 1. The lowest BCUT2D eigenvalue weighted by Crippen LogP contribution is -2.34. The number of halogens is 1. The second-order valence-electron chi connectivity index (χ2n) is 4.85. The summed E-state index contributed by atoms with van der Waals surface area (Å²) in [4.78, 5) is 10.8. The summed E-state index contributed by atoms with van der Waals surface area (Å²) < 4.78 is 0. The largest absolute Gasteiger partial charge is 0.341 e. The highest BCUT2D eigenvalue weighted by Gasteiger charge is 2.20. The first-order valence-corrected chi connectivity index (χ1v) is 7.01. The van der Waals surface area contributed by atoms with Crippen LogP contribution in [-0.2, 0) is 0 Å². The van der Waals surface area contributed by atoms with Crippen LogP contribution in [0.25, 0.3) is 0 Å². The molecule has 0 aromatic carbocycles. The van der Waals surface area contributed by atoms with Crippen LogP contribution in [0.15, 0.2) is 25.0 Å². The first-order chi connectivity index (χ1) is 8.79. The Hall–Kier alpha value is -1.09. The van der Waals surface area contributed by atoms with Gasteiger partial charge in [0.05, 0.1) is 17.4 Å². The Bertz CT molecular complexity index is 369. The highest BCUT2D eigenvalue weighted by atomic mass is 35.5. The van der Waals surface area contributed by atoms with Crippen molar-refractivity contribution in [2.45, 2.75) is 32.1 Å². The van der Waals surface area contributed by atoms with Gasteiger partial charge >= 0.3 is 0 Å². The third-order valence-corrected chi connectivity index (χ3v) is 3.72. The minimum absolute atomic E-state index is 0.595. The van der Waals surface area contributed by atoms with Crippen LogP contribution in [0.4, 0.5) is 5.95 Å². The van der Waals surface area contributed by atoms with Gasteiger partial charge in [-0.3, -0.25) is 0 Å². The van der Waals surface area contributed by atoms with Crippen molar-refractivity contribution in [1.82, 2.24) is 9.97 Å². The fourth-order valence-corrected chi connectivity index (χ4v) is 2.54. The molecule has 0 bridgehead atoms. The van der Waals surface area contributed by atoms with Crippen LogP contribution in [-0.4, -0.2) is 23.1 Å². The molecule has 0 radical (unpaired) electrons. The molecule has 98 valence electrons. The molecule has 3 nitrogen and oxygen atoms in total. The van der Waals surface area contributed by atoms with Crippen LogP contribution in [0.2, 0.25) is 5.02 Å². The zero-order chi connectivity index (χ0) is 12.8. The van der Waals surface area contributed by atoms with Crippen molar-refractivity contribution >= 4 is 17.5 Å². The fourth-order valence-electron chi connectivity index (χ4n) is 2.44. The molecule has 1 aliphatic rings. The van der Waals surface area contributed by atoms with Gasteiger partial charge in [0.2, 0.25) is 5.95 Å². The Kier molecular flexibility index (Phi) is 5.00. The Labute approximate surface area is 114 Å². The third-order valence-electron chi connectivity index (χ3n) is 3.52. The van der Waals surface area contributed by atoms with E-state index >= 15 is 0 Å². The van der Waals surface area contributed by atoms with Crippen molar-refractivity contribution in [1.29, 1.82) is 0 Å². The molecule has 0 N–H and O–H groups in total. The van der Waals surface area contributed by atoms with Gasteiger partial charge in [0, 0.05) is 13.1 Å². The van der Waals surface area contributed by atoms with E-state index in [1.165, 1.54) is 25.7 Å². The summed E-state index contributed by atoms with van der Waals surface area (Å²) >= 11 is 5.79. The standard InChI is InChI=1S/C14H20ClN3/c1-2-3-4-5-12-6-8-18(9-7-12)14-16-10-13(15)11-17-14/h2,10-12H,1,3-9H2. The summed E-state index contributed by atoms with van der Waals surface area (Å²) in [5.74, 6) is 1.66. The molecule has 0 saturated carbocycles. The molecule has 1 aliphatic heterocycles. The number of unbranched alkanes of at least 4 members (excludes halogenated alkanes) is 1. The first kappa shape index (κ1) is 13.3. The topological polar surface area (TPSA) is 29.0 Å². The van der Waals surface area contributed by atoms with Crippen LogP contribution < -0.4 is 4.90 Å². The minimum atomic E-state index is 0.595. The fraction of sp³-hybridized carbons (Fsp3) is 0.571. The molecule has 4 heteroatoms. The van der Waals surface area contributed by atoms with Crippen molar-refractivity contribution in [3.63, 3.8) is 0 Å². The summed E-state index contributed by atoms with van der Waals surface area (Å²) in [5, 5.41) is 0.595. The molecule has 1 aromatic heterocycles. The van der Waals surface area contributed by atoms with E-state index in [-0.39, 0.29) is 0 Å². The van der Waals surface area contributed by atoms with Crippen molar-refractivity contribution < 1.29 is 0 Å².